The van der Waals surface area contributed by atoms with Crippen molar-refractivity contribution in [3.8, 4) is 0 Å². The Bertz CT molecular complexity index is 158. The molecule has 0 amide bonds. The fourth-order valence-electron chi connectivity index (χ4n) is 1.54. The van der Waals surface area contributed by atoms with E-state index < -0.39 is 0 Å². The van der Waals surface area contributed by atoms with E-state index in [0.717, 1.165) is 44.8 Å². The molecule has 0 aromatic heterocycles. The molecule has 0 spiro atoms. The summed E-state index contributed by atoms with van der Waals surface area (Å²) >= 11 is 0. The molecule has 0 saturated heterocycles. The maximum Gasteiger partial charge on any atom is 0.0594 e. The fourth-order valence-corrected chi connectivity index (χ4v) is 1.54. The summed E-state index contributed by atoms with van der Waals surface area (Å²) in [5, 5.41) is 3.37. The highest BCUT2D eigenvalue weighted by molar-refractivity contribution is 4.81. The molecule has 1 fully saturated rings. The standard InChI is InChI=1S/C12H26N2O/c1-11(2)10-13-6-8-15-9-7-14(3)12-4-5-12/h11-13H,4-10H2,1-3H3. The van der Waals surface area contributed by atoms with E-state index in [1.165, 1.54) is 12.8 Å². The van der Waals surface area contributed by atoms with Crippen molar-refractivity contribution in [2.75, 3.05) is 39.9 Å². The van der Waals surface area contributed by atoms with Crippen LogP contribution in [0.25, 0.3) is 0 Å². The lowest BCUT2D eigenvalue weighted by molar-refractivity contribution is 0.111. The van der Waals surface area contributed by atoms with Crippen LogP contribution in [0.4, 0.5) is 0 Å². The van der Waals surface area contributed by atoms with Crippen LogP contribution in [0.5, 0.6) is 0 Å². The summed E-state index contributed by atoms with van der Waals surface area (Å²) in [6, 6.07) is 0.854. The van der Waals surface area contributed by atoms with Crippen LogP contribution < -0.4 is 5.32 Å². The first-order chi connectivity index (χ1) is 7.20. The SMILES string of the molecule is CC(C)CNCCOCCN(C)C1CC1. The lowest BCUT2D eigenvalue weighted by Gasteiger charge is -2.15. The molecule has 0 aliphatic heterocycles. The Morgan fingerprint density at radius 1 is 1.33 bits per heavy atom. The van der Waals surface area contributed by atoms with Crippen LogP contribution in [0.1, 0.15) is 26.7 Å². The fraction of sp³-hybridized carbons (Fsp3) is 1.00. The first-order valence-corrected chi connectivity index (χ1v) is 6.19. The second-order valence-corrected chi connectivity index (χ2v) is 4.92. The molecule has 0 atom stereocenters. The van der Waals surface area contributed by atoms with Gasteiger partial charge in [-0.2, -0.15) is 0 Å². The number of rotatable bonds is 9. The van der Waals surface area contributed by atoms with Gasteiger partial charge in [-0.15, -0.1) is 0 Å². The predicted octanol–water partition coefficient (Wildman–Crippen LogP) is 1.34. The van der Waals surface area contributed by atoms with Gasteiger partial charge in [0, 0.05) is 19.1 Å². The van der Waals surface area contributed by atoms with E-state index in [2.05, 4.69) is 31.1 Å². The Morgan fingerprint density at radius 3 is 2.67 bits per heavy atom. The van der Waals surface area contributed by atoms with Crippen LogP contribution in [-0.2, 0) is 4.74 Å². The zero-order valence-electron chi connectivity index (χ0n) is 10.5. The van der Waals surface area contributed by atoms with Crippen LogP contribution >= 0.6 is 0 Å². The summed E-state index contributed by atoms with van der Waals surface area (Å²) < 4.78 is 5.56. The molecule has 3 heteroatoms. The van der Waals surface area contributed by atoms with E-state index >= 15 is 0 Å². The van der Waals surface area contributed by atoms with E-state index in [9.17, 15) is 0 Å². The van der Waals surface area contributed by atoms with Gasteiger partial charge in [0.1, 0.15) is 0 Å². The van der Waals surface area contributed by atoms with E-state index in [1.807, 2.05) is 0 Å². The lowest BCUT2D eigenvalue weighted by atomic mass is 10.2. The molecule has 0 radical (unpaired) electrons. The normalized spacial score (nSPS) is 16.6. The Balaban J connectivity index is 1.76. The average molecular weight is 214 g/mol. The molecule has 0 unspecified atom stereocenters. The van der Waals surface area contributed by atoms with E-state index in [-0.39, 0.29) is 0 Å². The molecule has 15 heavy (non-hydrogen) atoms. The van der Waals surface area contributed by atoms with E-state index in [0.29, 0.717) is 0 Å². The Hall–Kier alpha value is -0.120. The third-order valence-electron chi connectivity index (χ3n) is 2.73. The quantitative estimate of drug-likeness (QED) is 0.586. The number of hydrogen-bond acceptors (Lipinski definition) is 3. The van der Waals surface area contributed by atoms with Crippen molar-refractivity contribution in [1.29, 1.82) is 0 Å². The van der Waals surface area contributed by atoms with Gasteiger partial charge in [0.2, 0.25) is 0 Å². The van der Waals surface area contributed by atoms with Gasteiger partial charge >= 0.3 is 0 Å². The van der Waals surface area contributed by atoms with Crippen LogP contribution in [0.3, 0.4) is 0 Å². The van der Waals surface area contributed by atoms with Gasteiger partial charge < -0.3 is 15.0 Å². The summed E-state index contributed by atoms with van der Waals surface area (Å²) in [7, 11) is 2.19. The second-order valence-electron chi connectivity index (χ2n) is 4.92. The topological polar surface area (TPSA) is 24.5 Å². The molecule has 3 nitrogen and oxygen atoms in total. The van der Waals surface area contributed by atoms with Crippen molar-refractivity contribution < 1.29 is 4.74 Å². The zero-order chi connectivity index (χ0) is 11.1. The van der Waals surface area contributed by atoms with E-state index in [4.69, 9.17) is 4.74 Å². The number of likely N-dealkylation sites (N-methyl/N-ethyl adjacent to an activating group) is 1. The first kappa shape index (κ1) is 12.9. The molecular formula is C12H26N2O. The Morgan fingerprint density at radius 2 is 2.07 bits per heavy atom. The van der Waals surface area contributed by atoms with Crippen molar-refractivity contribution in [2.24, 2.45) is 5.92 Å². The van der Waals surface area contributed by atoms with Crippen molar-refractivity contribution in [3.05, 3.63) is 0 Å². The van der Waals surface area contributed by atoms with Crippen molar-refractivity contribution in [1.82, 2.24) is 10.2 Å². The summed E-state index contributed by atoms with van der Waals surface area (Å²) in [6.45, 7) is 9.30. The third-order valence-corrected chi connectivity index (χ3v) is 2.73. The lowest BCUT2D eigenvalue weighted by Crippen LogP contribution is -2.28. The van der Waals surface area contributed by atoms with Gasteiger partial charge in [-0.05, 0) is 32.4 Å². The zero-order valence-corrected chi connectivity index (χ0v) is 10.5. The smallest absolute Gasteiger partial charge is 0.0594 e. The maximum atomic E-state index is 5.56. The highest BCUT2D eigenvalue weighted by atomic mass is 16.5. The van der Waals surface area contributed by atoms with E-state index in [1.54, 1.807) is 0 Å². The molecule has 90 valence electrons. The highest BCUT2D eigenvalue weighted by Gasteiger charge is 2.25. The molecule has 0 heterocycles. The first-order valence-electron chi connectivity index (χ1n) is 6.19. The third kappa shape index (κ3) is 6.88. The Kier molecular flexibility index (Phi) is 6.22. The molecule has 1 aliphatic rings. The van der Waals surface area contributed by atoms with Gasteiger partial charge in [0.05, 0.1) is 13.2 Å². The van der Waals surface area contributed by atoms with Gasteiger partial charge in [-0.3, -0.25) is 0 Å². The molecule has 0 aromatic carbocycles. The maximum absolute atomic E-state index is 5.56. The summed E-state index contributed by atoms with van der Waals surface area (Å²) in [6.07, 6.45) is 2.76. The molecule has 1 N–H and O–H groups in total. The Labute approximate surface area is 94.2 Å². The van der Waals surface area contributed by atoms with Crippen LogP contribution in [0.15, 0.2) is 0 Å². The summed E-state index contributed by atoms with van der Waals surface area (Å²) in [5.41, 5.74) is 0. The van der Waals surface area contributed by atoms with Crippen molar-refractivity contribution in [3.63, 3.8) is 0 Å². The molecule has 0 aromatic rings. The van der Waals surface area contributed by atoms with Gasteiger partial charge in [0.25, 0.3) is 0 Å². The minimum atomic E-state index is 0.728. The second kappa shape index (κ2) is 7.20. The number of nitrogens with one attached hydrogen (secondary N) is 1. The summed E-state index contributed by atoms with van der Waals surface area (Å²) in [5.74, 6) is 0.728. The van der Waals surface area contributed by atoms with Gasteiger partial charge in [-0.1, -0.05) is 13.8 Å². The molecule has 1 rings (SSSR count). The number of hydrogen-bond donors (Lipinski definition) is 1. The average Bonchev–Trinajstić information content (AvgIpc) is 2.98. The largest absolute Gasteiger partial charge is 0.379 e. The predicted molar refractivity (Wildman–Crippen MR) is 64.2 cm³/mol. The molecule has 1 aliphatic carbocycles. The minimum absolute atomic E-state index is 0.728. The molecule has 0 bridgehead atoms. The van der Waals surface area contributed by atoms with Crippen LogP contribution in [0.2, 0.25) is 0 Å². The number of ether oxygens (including phenoxy) is 1. The minimum Gasteiger partial charge on any atom is -0.379 e. The van der Waals surface area contributed by atoms with Gasteiger partial charge in [-0.25, -0.2) is 0 Å². The monoisotopic (exact) mass is 214 g/mol. The van der Waals surface area contributed by atoms with Crippen LogP contribution in [0, 0.1) is 5.92 Å². The molecular weight excluding hydrogens is 188 g/mol. The highest BCUT2D eigenvalue weighted by Crippen LogP contribution is 2.24. The van der Waals surface area contributed by atoms with Crippen LogP contribution in [-0.4, -0.2) is 50.8 Å². The van der Waals surface area contributed by atoms with Crippen molar-refractivity contribution in [2.45, 2.75) is 32.7 Å². The molecule has 1 saturated carbocycles. The van der Waals surface area contributed by atoms with Crippen molar-refractivity contribution >= 4 is 0 Å². The summed E-state index contributed by atoms with van der Waals surface area (Å²) in [4.78, 5) is 2.40. The van der Waals surface area contributed by atoms with Gasteiger partial charge in [0.15, 0.2) is 0 Å². The number of nitrogens with zero attached hydrogens (tertiary/aromatic N) is 1.